The summed E-state index contributed by atoms with van der Waals surface area (Å²) in [5.41, 5.74) is 9.92. The number of amides is 1. The molecule has 3 N–H and O–H groups in total. The molecule has 1 amide bonds. The van der Waals surface area contributed by atoms with Gasteiger partial charge in [0.05, 0.1) is 17.5 Å². The largest absolute Gasteiger partial charge is 0.381 e. The Kier molecular flexibility index (Phi) is 4.87. The van der Waals surface area contributed by atoms with Crippen molar-refractivity contribution in [3.63, 3.8) is 0 Å². The number of anilines is 1. The van der Waals surface area contributed by atoms with Gasteiger partial charge in [0.25, 0.3) is 5.91 Å². The van der Waals surface area contributed by atoms with Crippen LogP contribution in [0.1, 0.15) is 41.4 Å². The molecule has 0 radical (unpaired) electrons. The first kappa shape index (κ1) is 18.6. The van der Waals surface area contributed by atoms with E-state index < -0.39 is 5.54 Å². The molecule has 0 spiro atoms. The molecule has 0 atom stereocenters. The number of ether oxygens (including phenoxy) is 1. The zero-order chi connectivity index (χ0) is 19.7. The highest BCUT2D eigenvalue weighted by Gasteiger charge is 2.30. The van der Waals surface area contributed by atoms with Gasteiger partial charge in [0.15, 0.2) is 5.65 Å². The molecule has 1 aliphatic rings. The number of carbonyl (C=O) groups is 1. The summed E-state index contributed by atoms with van der Waals surface area (Å²) in [4.78, 5) is 17.5. The van der Waals surface area contributed by atoms with Crippen LogP contribution in [0.2, 0.25) is 0 Å². The molecule has 7 heteroatoms. The molecule has 0 unspecified atom stereocenters. The van der Waals surface area contributed by atoms with Crippen molar-refractivity contribution in [2.45, 2.75) is 38.8 Å². The minimum Gasteiger partial charge on any atom is -0.381 e. The van der Waals surface area contributed by atoms with E-state index in [9.17, 15) is 4.79 Å². The SMILES string of the molecule is CCn1ncc2cc(C(=O)Nc3cccc(C4(N)CCOCC4)c3)c(C)nc21. The standard InChI is InChI=1S/C21H25N5O2/c1-3-26-19-15(13-23-26)11-18(14(2)24-19)20(27)25-17-6-4-5-16(12-17)21(22)7-9-28-10-8-21/h4-6,11-13H,3,7-10,22H2,1-2H3,(H,25,27). The summed E-state index contributed by atoms with van der Waals surface area (Å²) in [6, 6.07) is 9.62. The molecule has 4 rings (SSSR count). The maximum Gasteiger partial charge on any atom is 0.257 e. The van der Waals surface area contributed by atoms with Crippen molar-refractivity contribution in [2.75, 3.05) is 18.5 Å². The van der Waals surface area contributed by atoms with E-state index in [1.54, 1.807) is 6.20 Å². The number of carbonyl (C=O) groups excluding carboxylic acids is 1. The molecule has 146 valence electrons. The van der Waals surface area contributed by atoms with E-state index in [1.165, 1.54) is 0 Å². The normalized spacial score (nSPS) is 16.2. The molecule has 3 aromatic rings. The zero-order valence-electron chi connectivity index (χ0n) is 16.2. The second-order valence-electron chi connectivity index (χ2n) is 7.30. The molecule has 7 nitrogen and oxygen atoms in total. The highest BCUT2D eigenvalue weighted by Crippen LogP contribution is 2.31. The molecule has 1 aliphatic heterocycles. The van der Waals surface area contributed by atoms with Gasteiger partial charge in [0.2, 0.25) is 0 Å². The van der Waals surface area contributed by atoms with Gasteiger partial charge in [-0.2, -0.15) is 5.10 Å². The second kappa shape index (κ2) is 7.33. The number of benzene rings is 1. The van der Waals surface area contributed by atoms with E-state index in [0.717, 1.165) is 41.7 Å². The van der Waals surface area contributed by atoms with E-state index >= 15 is 0 Å². The summed E-state index contributed by atoms with van der Waals surface area (Å²) in [6.45, 7) is 5.90. The van der Waals surface area contributed by atoms with Gasteiger partial charge < -0.3 is 15.8 Å². The zero-order valence-corrected chi connectivity index (χ0v) is 16.2. The average molecular weight is 379 g/mol. The number of hydrogen-bond donors (Lipinski definition) is 2. The third-order valence-corrected chi connectivity index (χ3v) is 5.43. The Morgan fingerprint density at radius 3 is 2.86 bits per heavy atom. The monoisotopic (exact) mass is 379 g/mol. The smallest absolute Gasteiger partial charge is 0.257 e. The Balaban J connectivity index is 1.59. The Labute approximate surface area is 163 Å². The molecule has 0 aliphatic carbocycles. The van der Waals surface area contributed by atoms with Gasteiger partial charge in [-0.15, -0.1) is 0 Å². The summed E-state index contributed by atoms with van der Waals surface area (Å²) < 4.78 is 7.26. The van der Waals surface area contributed by atoms with Crippen molar-refractivity contribution in [2.24, 2.45) is 5.73 Å². The summed E-state index contributed by atoms with van der Waals surface area (Å²) in [6.07, 6.45) is 3.28. The summed E-state index contributed by atoms with van der Waals surface area (Å²) in [7, 11) is 0. The van der Waals surface area contributed by atoms with Crippen LogP contribution in [0.15, 0.2) is 36.5 Å². The molecule has 1 saturated heterocycles. The molecule has 3 heterocycles. The number of aryl methyl sites for hydroxylation is 2. The van der Waals surface area contributed by atoms with Crippen LogP contribution >= 0.6 is 0 Å². The number of aromatic nitrogens is 3. The molecular weight excluding hydrogens is 354 g/mol. The van der Waals surface area contributed by atoms with Gasteiger partial charge in [0.1, 0.15) is 0 Å². The highest BCUT2D eigenvalue weighted by molar-refractivity contribution is 6.06. The maximum atomic E-state index is 12.9. The minimum absolute atomic E-state index is 0.189. The fourth-order valence-electron chi connectivity index (χ4n) is 3.69. The van der Waals surface area contributed by atoms with Gasteiger partial charge >= 0.3 is 0 Å². The van der Waals surface area contributed by atoms with Crippen molar-refractivity contribution in [3.05, 3.63) is 53.3 Å². The predicted molar refractivity (Wildman–Crippen MR) is 108 cm³/mol. The van der Waals surface area contributed by atoms with Crippen molar-refractivity contribution in [1.29, 1.82) is 0 Å². The Hall–Kier alpha value is -2.77. The Morgan fingerprint density at radius 2 is 2.11 bits per heavy atom. The number of fused-ring (bicyclic) bond motifs is 1. The summed E-state index contributed by atoms with van der Waals surface area (Å²) in [5, 5.41) is 8.15. The van der Waals surface area contributed by atoms with Crippen LogP contribution in [0.4, 0.5) is 5.69 Å². The molecular formula is C21H25N5O2. The van der Waals surface area contributed by atoms with Crippen LogP contribution in [-0.4, -0.2) is 33.9 Å². The topological polar surface area (TPSA) is 95.1 Å². The lowest BCUT2D eigenvalue weighted by molar-refractivity contribution is 0.0522. The molecule has 0 saturated carbocycles. The van der Waals surface area contributed by atoms with Crippen molar-refractivity contribution < 1.29 is 9.53 Å². The van der Waals surface area contributed by atoms with Crippen molar-refractivity contribution in [1.82, 2.24) is 14.8 Å². The average Bonchev–Trinajstić information content (AvgIpc) is 3.10. The summed E-state index contributed by atoms with van der Waals surface area (Å²) >= 11 is 0. The van der Waals surface area contributed by atoms with Crippen LogP contribution in [-0.2, 0) is 16.8 Å². The molecule has 0 bridgehead atoms. The Bertz CT molecular complexity index is 1020. The summed E-state index contributed by atoms with van der Waals surface area (Å²) in [5.74, 6) is -0.189. The number of hydrogen-bond acceptors (Lipinski definition) is 5. The number of nitrogens with two attached hydrogens (primary N) is 1. The van der Waals surface area contributed by atoms with Crippen molar-refractivity contribution >= 4 is 22.6 Å². The molecule has 28 heavy (non-hydrogen) atoms. The first-order chi connectivity index (χ1) is 13.5. The lowest BCUT2D eigenvalue weighted by Crippen LogP contribution is -2.42. The predicted octanol–water partition coefficient (Wildman–Crippen LogP) is 2.98. The van der Waals surface area contributed by atoms with Gasteiger partial charge in [-0.1, -0.05) is 12.1 Å². The molecule has 1 aromatic carbocycles. The van der Waals surface area contributed by atoms with E-state index in [1.807, 2.05) is 48.9 Å². The maximum absolute atomic E-state index is 12.9. The number of nitrogens with zero attached hydrogens (tertiary/aromatic N) is 3. The van der Waals surface area contributed by atoms with Crippen LogP contribution in [0.25, 0.3) is 11.0 Å². The quantitative estimate of drug-likeness (QED) is 0.727. The molecule has 1 fully saturated rings. The minimum atomic E-state index is -0.413. The van der Waals surface area contributed by atoms with E-state index in [2.05, 4.69) is 15.4 Å². The highest BCUT2D eigenvalue weighted by atomic mass is 16.5. The first-order valence-electron chi connectivity index (χ1n) is 9.62. The number of nitrogens with one attached hydrogen (secondary N) is 1. The lowest BCUT2D eigenvalue weighted by Gasteiger charge is -2.34. The van der Waals surface area contributed by atoms with Gasteiger partial charge in [0, 0.05) is 36.4 Å². The Morgan fingerprint density at radius 1 is 1.32 bits per heavy atom. The number of rotatable bonds is 4. The third-order valence-electron chi connectivity index (χ3n) is 5.43. The van der Waals surface area contributed by atoms with Crippen LogP contribution in [0.5, 0.6) is 0 Å². The van der Waals surface area contributed by atoms with Crippen LogP contribution < -0.4 is 11.1 Å². The third kappa shape index (κ3) is 3.39. The second-order valence-corrected chi connectivity index (χ2v) is 7.30. The van der Waals surface area contributed by atoms with Crippen LogP contribution in [0, 0.1) is 6.92 Å². The molecule has 2 aromatic heterocycles. The van der Waals surface area contributed by atoms with Crippen LogP contribution in [0.3, 0.4) is 0 Å². The lowest BCUT2D eigenvalue weighted by atomic mass is 9.83. The van der Waals surface area contributed by atoms with E-state index in [4.69, 9.17) is 10.5 Å². The first-order valence-corrected chi connectivity index (χ1v) is 9.62. The number of pyridine rings is 1. The van der Waals surface area contributed by atoms with E-state index in [0.29, 0.717) is 24.5 Å². The van der Waals surface area contributed by atoms with Gasteiger partial charge in [-0.3, -0.25) is 4.79 Å². The van der Waals surface area contributed by atoms with Gasteiger partial charge in [-0.25, -0.2) is 9.67 Å². The van der Waals surface area contributed by atoms with Crippen molar-refractivity contribution in [3.8, 4) is 0 Å². The van der Waals surface area contributed by atoms with E-state index in [-0.39, 0.29) is 5.91 Å². The van der Waals surface area contributed by atoms with Gasteiger partial charge in [-0.05, 0) is 50.5 Å². The fraction of sp³-hybridized carbons (Fsp3) is 0.381. The fourth-order valence-corrected chi connectivity index (χ4v) is 3.69.